The van der Waals surface area contributed by atoms with Crippen molar-refractivity contribution in [3.05, 3.63) is 25.8 Å². The van der Waals surface area contributed by atoms with E-state index in [-0.39, 0.29) is 4.90 Å². The summed E-state index contributed by atoms with van der Waals surface area (Å²) in [6.45, 7) is 7.22. The zero-order chi connectivity index (χ0) is 12.7. The minimum Gasteiger partial charge on any atom is -0.265 e. The van der Waals surface area contributed by atoms with Crippen molar-refractivity contribution in [2.45, 2.75) is 32.6 Å². The van der Waals surface area contributed by atoms with Gasteiger partial charge in [-0.2, -0.15) is 0 Å². The summed E-state index contributed by atoms with van der Waals surface area (Å²) in [5.41, 5.74) is 3.25. The Bertz CT molecular complexity index is 564. The van der Waals surface area contributed by atoms with Crippen LogP contribution in [0.1, 0.15) is 22.3 Å². The fourth-order valence-corrected chi connectivity index (χ4v) is 5.12. The first-order valence-corrected chi connectivity index (χ1v) is 8.12. The number of primary sulfonamides is 1. The lowest BCUT2D eigenvalue weighted by atomic mass is 10.00. The Balaban J connectivity index is 3.94. The highest BCUT2D eigenvalue weighted by atomic mass is 127. The van der Waals surface area contributed by atoms with Gasteiger partial charge in [-0.1, -0.05) is 0 Å². The first-order valence-electron chi connectivity index (χ1n) is 4.62. The topological polar surface area (TPSA) is 77.2 Å². The predicted molar refractivity (Wildman–Crippen MR) is 70.2 cm³/mol. The highest BCUT2D eigenvalue weighted by molar-refractivity contribution is 14.1. The Labute approximate surface area is 106 Å². The van der Waals surface area contributed by atoms with Crippen LogP contribution in [0.2, 0.25) is 0 Å². The van der Waals surface area contributed by atoms with E-state index in [1.165, 1.54) is 0 Å². The first-order chi connectivity index (χ1) is 7.21. The molecule has 16 heavy (non-hydrogen) atoms. The van der Waals surface area contributed by atoms with Gasteiger partial charge in [-0.15, -0.1) is 0 Å². The van der Waals surface area contributed by atoms with Crippen LogP contribution < -0.4 is 5.14 Å². The maximum absolute atomic E-state index is 11.5. The standard InChI is InChI=1S/C10H14INO3S/c1-5-6(2)8(4)10(16(12,14)15)9(11-13)7(5)3/h1-4H3,(H2,12,14,15). The highest BCUT2D eigenvalue weighted by Gasteiger charge is 2.22. The van der Waals surface area contributed by atoms with E-state index in [0.717, 1.165) is 16.7 Å². The number of halogens is 1. The minimum atomic E-state index is -3.81. The lowest BCUT2D eigenvalue weighted by molar-refractivity contribution is 0.596. The van der Waals surface area contributed by atoms with Crippen molar-refractivity contribution < 1.29 is 11.5 Å². The number of rotatable bonds is 2. The average molecular weight is 355 g/mol. The van der Waals surface area contributed by atoms with Crippen LogP contribution in [0.15, 0.2) is 4.90 Å². The molecule has 0 fully saturated rings. The Morgan fingerprint density at radius 1 is 0.938 bits per heavy atom. The molecule has 6 heteroatoms. The van der Waals surface area contributed by atoms with Crippen molar-refractivity contribution in [2.75, 3.05) is 0 Å². The molecule has 90 valence electrons. The third-order valence-corrected chi connectivity index (χ3v) is 6.15. The zero-order valence-electron chi connectivity index (χ0n) is 9.59. The molecule has 0 saturated carbocycles. The van der Waals surface area contributed by atoms with Gasteiger partial charge in [-0.3, -0.25) is 3.07 Å². The second-order valence-electron chi connectivity index (χ2n) is 3.77. The van der Waals surface area contributed by atoms with Crippen LogP contribution >= 0.6 is 21.2 Å². The molecule has 2 N–H and O–H groups in total. The zero-order valence-corrected chi connectivity index (χ0v) is 12.6. The molecule has 1 rings (SSSR count). The van der Waals surface area contributed by atoms with Gasteiger partial charge >= 0.3 is 0 Å². The van der Waals surface area contributed by atoms with Gasteiger partial charge in [0.2, 0.25) is 10.0 Å². The van der Waals surface area contributed by atoms with Gasteiger partial charge in [0.15, 0.2) is 21.2 Å². The summed E-state index contributed by atoms with van der Waals surface area (Å²) >= 11 is -1.56. The van der Waals surface area contributed by atoms with Gasteiger partial charge in [0, 0.05) is 0 Å². The quantitative estimate of drug-likeness (QED) is 0.825. The van der Waals surface area contributed by atoms with Crippen molar-refractivity contribution in [2.24, 2.45) is 5.14 Å². The van der Waals surface area contributed by atoms with Crippen LogP contribution in [0.5, 0.6) is 0 Å². The fourth-order valence-electron chi connectivity index (χ4n) is 1.66. The molecule has 0 radical (unpaired) electrons. The maximum atomic E-state index is 11.5. The summed E-state index contributed by atoms with van der Waals surface area (Å²) in [5, 5.41) is 5.17. The molecule has 0 aliphatic carbocycles. The van der Waals surface area contributed by atoms with E-state index in [1.54, 1.807) is 13.8 Å². The summed E-state index contributed by atoms with van der Waals surface area (Å²) in [6.07, 6.45) is 0. The van der Waals surface area contributed by atoms with E-state index in [0.29, 0.717) is 9.13 Å². The molecule has 0 amide bonds. The molecule has 4 nitrogen and oxygen atoms in total. The largest absolute Gasteiger partial charge is 0.265 e. The molecule has 1 aromatic rings. The van der Waals surface area contributed by atoms with E-state index >= 15 is 0 Å². The van der Waals surface area contributed by atoms with Crippen LogP contribution in [0.25, 0.3) is 0 Å². The molecule has 1 aromatic carbocycles. The van der Waals surface area contributed by atoms with Gasteiger partial charge in [0.05, 0.1) is 3.57 Å². The molecule has 0 aliphatic heterocycles. The SMILES string of the molecule is Cc1c(C)c(C)c(S(N)(=O)=O)c(I=O)c1C. The van der Waals surface area contributed by atoms with E-state index in [1.807, 2.05) is 13.8 Å². The average Bonchev–Trinajstić information content (AvgIpc) is 2.18. The van der Waals surface area contributed by atoms with Crippen molar-refractivity contribution in [1.82, 2.24) is 0 Å². The molecule has 0 saturated heterocycles. The Morgan fingerprint density at radius 2 is 1.38 bits per heavy atom. The summed E-state index contributed by atoms with van der Waals surface area (Å²) in [4.78, 5) is 0.0518. The first kappa shape index (κ1) is 13.7. The van der Waals surface area contributed by atoms with E-state index in [9.17, 15) is 11.5 Å². The van der Waals surface area contributed by atoms with Crippen LogP contribution in [-0.4, -0.2) is 8.42 Å². The van der Waals surface area contributed by atoms with E-state index < -0.39 is 31.2 Å². The summed E-state index contributed by atoms with van der Waals surface area (Å²) in [7, 11) is -3.81. The second-order valence-corrected chi connectivity index (χ2v) is 6.78. The summed E-state index contributed by atoms with van der Waals surface area (Å²) in [6, 6.07) is 0. The number of hydrogen-bond donors (Lipinski definition) is 1. The van der Waals surface area contributed by atoms with E-state index in [2.05, 4.69) is 0 Å². The van der Waals surface area contributed by atoms with Crippen LogP contribution in [0.4, 0.5) is 0 Å². The molecule has 0 aliphatic rings. The molecular weight excluding hydrogens is 341 g/mol. The van der Waals surface area contributed by atoms with Gasteiger partial charge < -0.3 is 0 Å². The smallest absolute Gasteiger partial charge is 0.239 e. The number of sulfonamides is 1. The van der Waals surface area contributed by atoms with Gasteiger partial charge in [-0.05, 0) is 49.9 Å². The van der Waals surface area contributed by atoms with Crippen molar-refractivity contribution in [1.29, 1.82) is 0 Å². The third-order valence-electron chi connectivity index (χ3n) is 2.92. The monoisotopic (exact) mass is 355 g/mol. The van der Waals surface area contributed by atoms with Gasteiger partial charge in [0.25, 0.3) is 0 Å². The Morgan fingerprint density at radius 3 is 1.75 bits per heavy atom. The summed E-state index contributed by atoms with van der Waals surface area (Å²) in [5.74, 6) is 0. The summed E-state index contributed by atoms with van der Waals surface area (Å²) < 4.78 is 34.6. The third kappa shape index (κ3) is 2.18. The molecule has 0 heterocycles. The highest BCUT2D eigenvalue weighted by Crippen LogP contribution is 2.32. The predicted octanol–water partition coefficient (Wildman–Crippen LogP) is 2.05. The fraction of sp³-hybridized carbons (Fsp3) is 0.400. The molecular formula is C10H14INO3S. The molecule has 0 unspecified atom stereocenters. The van der Waals surface area contributed by atoms with Crippen LogP contribution in [0, 0.1) is 31.3 Å². The van der Waals surface area contributed by atoms with Crippen molar-refractivity contribution in [3.8, 4) is 0 Å². The number of nitrogens with two attached hydrogens (primary N) is 1. The molecule has 0 atom stereocenters. The van der Waals surface area contributed by atoms with Crippen molar-refractivity contribution in [3.63, 3.8) is 0 Å². The number of hydrogen-bond acceptors (Lipinski definition) is 3. The van der Waals surface area contributed by atoms with Crippen LogP contribution in [0.3, 0.4) is 0 Å². The van der Waals surface area contributed by atoms with Gasteiger partial charge in [-0.25, -0.2) is 13.6 Å². The molecule has 0 spiro atoms. The lowest BCUT2D eigenvalue weighted by Crippen LogP contribution is -2.17. The molecule has 0 aromatic heterocycles. The Kier molecular flexibility index (Phi) is 3.86. The Hall–Kier alpha value is -0.340. The van der Waals surface area contributed by atoms with Gasteiger partial charge in [0.1, 0.15) is 4.90 Å². The normalized spacial score (nSPS) is 11.8. The number of benzene rings is 1. The van der Waals surface area contributed by atoms with E-state index in [4.69, 9.17) is 5.14 Å². The minimum absolute atomic E-state index is 0.0518. The molecule has 0 bridgehead atoms. The van der Waals surface area contributed by atoms with Crippen molar-refractivity contribution >= 4 is 31.2 Å². The van der Waals surface area contributed by atoms with Crippen LogP contribution in [-0.2, 0) is 13.1 Å². The second kappa shape index (κ2) is 4.50. The lowest BCUT2D eigenvalue weighted by Gasteiger charge is -2.15. The maximum Gasteiger partial charge on any atom is 0.239 e.